The zero-order valence-electron chi connectivity index (χ0n) is 24.5. The van der Waals surface area contributed by atoms with Crippen LogP contribution in [0.4, 0.5) is 14.5 Å². The van der Waals surface area contributed by atoms with Gasteiger partial charge in [-0.15, -0.1) is 0 Å². The lowest BCUT2D eigenvalue weighted by molar-refractivity contribution is -0.131. The van der Waals surface area contributed by atoms with Gasteiger partial charge in [0.25, 0.3) is 5.91 Å². The maximum absolute atomic E-state index is 13.1. The molecule has 2 aromatic rings. The van der Waals surface area contributed by atoms with Gasteiger partial charge in [0, 0.05) is 37.0 Å². The molecule has 4 rings (SSSR count). The van der Waals surface area contributed by atoms with Crippen molar-refractivity contribution in [1.29, 1.82) is 5.26 Å². The number of nitrogens with one attached hydrogen (secondary N) is 2. The van der Waals surface area contributed by atoms with Crippen molar-refractivity contribution in [2.45, 2.75) is 87.2 Å². The lowest BCUT2D eigenvalue weighted by Gasteiger charge is -2.30. The van der Waals surface area contributed by atoms with Crippen molar-refractivity contribution in [3.63, 3.8) is 0 Å². The van der Waals surface area contributed by atoms with Gasteiger partial charge in [0.05, 0.1) is 47.9 Å². The number of nitrogens with zero attached hydrogens (tertiary/aromatic N) is 2. The molecule has 2 aliphatic rings. The number of rotatable bonds is 13. The Hall–Kier alpha value is -3.11. The molecule has 1 saturated heterocycles. The third kappa shape index (κ3) is 8.72. The first-order valence-corrected chi connectivity index (χ1v) is 16.3. The fourth-order valence-corrected chi connectivity index (χ4v) is 6.84. The van der Waals surface area contributed by atoms with Crippen LogP contribution < -0.4 is 15.5 Å². The Morgan fingerprint density at radius 1 is 1.07 bits per heavy atom. The van der Waals surface area contributed by atoms with E-state index < -0.39 is 22.5 Å². The van der Waals surface area contributed by atoms with Crippen LogP contribution in [-0.4, -0.2) is 71.2 Å². The largest absolute Gasteiger partial charge is 0.381 e. The normalized spacial score (nSPS) is 23.2. The molecule has 2 aromatic carbocycles. The lowest BCUT2D eigenvalue weighted by Crippen LogP contribution is -2.42. The number of anilines is 1. The number of amides is 1. The summed E-state index contributed by atoms with van der Waals surface area (Å²) < 4.78 is 60.3. The van der Waals surface area contributed by atoms with E-state index in [1.807, 2.05) is 4.90 Å². The minimum absolute atomic E-state index is 0.00476. The molecule has 43 heavy (non-hydrogen) atoms. The van der Waals surface area contributed by atoms with E-state index in [0.717, 1.165) is 31.4 Å². The van der Waals surface area contributed by atoms with Gasteiger partial charge in [0.15, 0.2) is 9.84 Å². The summed E-state index contributed by atoms with van der Waals surface area (Å²) in [6, 6.07) is 14.8. The van der Waals surface area contributed by atoms with E-state index in [-0.39, 0.29) is 41.7 Å². The van der Waals surface area contributed by atoms with Crippen molar-refractivity contribution in [3.05, 3.63) is 59.7 Å². The number of carbonyl (C=O) groups is 1. The Balaban J connectivity index is 1.42. The van der Waals surface area contributed by atoms with Gasteiger partial charge in [-0.1, -0.05) is 19.1 Å². The summed E-state index contributed by atoms with van der Waals surface area (Å²) in [5.74, 6) is -0.410. The van der Waals surface area contributed by atoms with Crippen LogP contribution in [0.1, 0.15) is 67.4 Å². The third-order valence-corrected chi connectivity index (χ3v) is 10.1. The summed E-state index contributed by atoms with van der Waals surface area (Å²) in [4.78, 5) is 15.4. The number of methoxy groups -OCH3 is 1. The van der Waals surface area contributed by atoms with Crippen LogP contribution >= 0.6 is 0 Å². The Morgan fingerprint density at radius 2 is 1.74 bits per heavy atom. The number of nitriles is 1. The average Bonchev–Trinajstić information content (AvgIpc) is 3.42. The van der Waals surface area contributed by atoms with Gasteiger partial charge in [0.1, 0.15) is 0 Å². The van der Waals surface area contributed by atoms with E-state index in [1.165, 1.54) is 12.1 Å². The molecule has 3 atom stereocenters. The number of ether oxygens (including phenoxy) is 2. The molecular weight excluding hydrogens is 578 g/mol. The number of sulfone groups is 1. The van der Waals surface area contributed by atoms with Crippen LogP contribution in [0.25, 0.3) is 0 Å². The van der Waals surface area contributed by atoms with Gasteiger partial charge in [-0.2, -0.15) is 14.0 Å². The highest BCUT2D eigenvalue weighted by Crippen LogP contribution is 2.29. The van der Waals surface area contributed by atoms with Crippen molar-refractivity contribution in [2.75, 3.05) is 30.9 Å². The van der Waals surface area contributed by atoms with Crippen LogP contribution in [0.5, 0.6) is 0 Å². The molecule has 1 amide bonds. The number of benzene rings is 2. The first-order chi connectivity index (χ1) is 20.6. The highest BCUT2D eigenvalue weighted by molar-refractivity contribution is 7.91. The maximum atomic E-state index is 13.1. The van der Waals surface area contributed by atoms with Crippen molar-refractivity contribution in [3.8, 4) is 6.07 Å². The van der Waals surface area contributed by atoms with Gasteiger partial charge in [-0.05, 0) is 74.1 Å². The monoisotopic (exact) mass is 618 g/mol. The summed E-state index contributed by atoms with van der Waals surface area (Å²) in [6.45, 7) is -0.764. The number of carbonyl (C=O) groups excluding carboxylic acids is 1. The van der Waals surface area contributed by atoms with Crippen LogP contribution in [-0.2, 0) is 19.3 Å². The van der Waals surface area contributed by atoms with E-state index in [9.17, 15) is 27.3 Å². The fourth-order valence-electron chi connectivity index (χ4n) is 5.96. The Labute approximate surface area is 252 Å². The van der Waals surface area contributed by atoms with E-state index in [2.05, 4.69) is 16.7 Å². The zero-order valence-corrected chi connectivity index (χ0v) is 25.4. The molecule has 0 aromatic heterocycles. The molecule has 1 saturated carbocycles. The second-order valence-electron chi connectivity index (χ2n) is 11.1. The Bertz CT molecular complexity index is 1340. The summed E-state index contributed by atoms with van der Waals surface area (Å²) in [5.41, 5.74) is 1.80. The molecule has 9 nitrogen and oxygen atoms in total. The fraction of sp³-hybridized carbons (Fsp3) is 0.548. The maximum Gasteiger partial charge on any atom is 0.345 e. The number of hydrogen-bond donors (Lipinski definition) is 2. The number of alkyl halides is 2. The molecule has 2 unspecified atom stereocenters. The molecule has 0 bridgehead atoms. The van der Waals surface area contributed by atoms with E-state index in [1.54, 1.807) is 50.4 Å². The molecule has 1 aliphatic heterocycles. The Kier molecular flexibility index (Phi) is 11.5. The van der Waals surface area contributed by atoms with E-state index in [4.69, 9.17) is 9.47 Å². The van der Waals surface area contributed by atoms with E-state index >= 15 is 0 Å². The number of halogens is 2. The van der Waals surface area contributed by atoms with Gasteiger partial charge in [0.2, 0.25) is 0 Å². The third-order valence-electron chi connectivity index (χ3n) is 8.39. The lowest BCUT2D eigenvalue weighted by atomic mass is 9.92. The van der Waals surface area contributed by atoms with Crippen LogP contribution in [0.15, 0.2) is 53.4 Å². The molecule has 2 N–H and O–H groups in total. The topological polar surface area (TPSA) is 121 Å². The van der Waals surface area contributed by atoms with Gasteiger partial charge in [-0.25, -0.2) is 8.42 Å². The van der Waals surface area contributed by atoms with E-state index in [0.29, 0.717) is 36.2 Å². The highest BCUT2D eigenvalue weighted by Gasteiger charge is 2.35. The Morgan fingerprint density at radius 3 is 2.33 bits per heavy atom. The van der Waals surface area contributed by atoms with Crippen molar-refractivity contribution in [2.24, 2.45) is 0 Å². The van der Waals surface area contributed by atoms with Gasteiger partial charge in [-0.3, -0.25) is 4.79 Å². The quantitative estimate of drug-likeness (QED) is 0.334. The van der Waals surface area contributed by atoms with Crippen molar-refractivity contribution >= 4 is 21.4 Å². The molecule has 0 radical (unpaired) electrons. The van der Waals surface area contributed by atoms with Crippen LogP contribution in [0, 0.1) is 11.3 Å². The second-order valence-corrected chi connectivity index (χ2v) is 13.4. The first-order valence-electron chi connectivity index (χ1n) is 14.7. The smallest absolute Gasteiger partial charge is 0.345 e. The predicted molar refractivity (Wildman–Crippen MR) is 159 cm³/mol. The first kappa shape index (κ1) is 32.8. The molecule has 2 fully saturated rings. The molecule has 0 spiro atoms. The molecule has 1 aliphatic carbocycles. The summed E-state index contributed by atoms with van der Waals surface area (Å²) in [5, 5.41) is 15.9. The minimum Gasteiger partial charge on any atom is -0.381 e. The van der Waals surface area contributed by atoms with Crippen molar-refractivity contribution in [1.82, 2.24) is 10.6 Å². The van der Waals surface area contributed by atoms with Crippen molar-refractivity contribution < 1.29 is 31.5 Å². The minimum atomic E-state index is -3.37. The predicted octanol–water partition coefficient (Wildman–Crippen LogP) is 4.60. The van der Waals surface area contributed by atoms with Gasteiger partial charge >= 0.3 is 6.61 Å². The average molecular weight is 619 g/mol. The molecule has 1 heterocycles. The van der Waals surface area contributed by atoms with Gasteiger partial charge < -0.3 is 25.0 Å². The second kappa shape index (κ2) is 15.1. The summed E-state index contributed by atoms with van der Waals surface area (Å²) >= 11 is 0. The molecule has 12 heteroatoms. The zero-order chi connectivity index (χ0) is 31.0. The molecule has 234 valence electrons. The standard InChI is InChI=1S/C31H40F2N4O5S/c1-3-43(39,40)28-14-6-21(7-15-28)29(16-17-34)36-30(38)22-4-10-25(11-5-22)37-19-24(18-26(37)20-42-31(32)33)35-23-8-12-27(41-2)13-9-23/h4-7,10-11,14-15,23-24,26-27,29,31,35H,3,8-9,12-13,16,18-20H2,1-2H3,(H,36,38)/t23?,24?,26?,27?,29-/m0/s1. The summed E-state index contributed by atoms with van der Waals surface area (Å²) in [7, 11) is -1.63. The van der Waals surface area contributed by atoms with Crippen LogP contribution in [0.2, 0.25) is 0 Å². The SMILES string of the molecule is CCS(=O)(=O)c1ccc([C@H](CC#N)NC(=O)c2ccc(N3CC(NC4CCC(OC)CC4)CC3COC(F)F)cc2)cc1. The summed E-state index contributed by atoms with van der Waals surface area (Å²) in [6.07, 6.45) is 4.96. The van der Waals surface area contributed by atoms with Crippen LogP contribution in [0.3, 0.4) is 0 Å². The highest BCUT2D eigenvalue weighted by atomic mass is 32.2. The molecular formula is C31H40F2N4O5S. The number of hydrogen-bond acceptors (Lipinski definition) is 8.